The summed E-state index contributed by atoms with van der Waals surface area (Å²) in [5, 5.41) is 14.2. The molecule has 64 heavy (non-hydrogen) atoms. The monoisotopic (exact) mass is 907 g/mol. The number of carboxylic acids is 1. The minimum absolute atomic E-state index is 0. The number of aromatic carboxylic acids is 1. The number of carbonyl (C=O) groups is 1. The summed E-state index contributed by atoms with van der Waals surface area (Å²) in [6.45, 7) is 9.43. The molecule has 0 bridgehead atoms. The SMILES string of the molecule is CC1(C)C(/C=C/C2=C(c3ccc(C(=O)O)cc3)C(=C/C=C3/N(CCCS(=O)(=O)[O-])c4ccc5ccccc5c4C3(C)C)/CCC2)=[N+](CCCS(=O)(=O)O)c2ccc3ccccc3c21.[Na+]. The molecule has 0 atom stereocenters. The Hall–Kier alpha value is -4.66. The third-order valence-electron chi connectivity index (χ3n) is 12.9. The van der Waals surface area contributed by atoms with Crippen molar-refractivity contribution >= 4 is 70.4 Å². The first-order valence-electron chi connectivity index (χ1n) is 21.4. The van der Waals surface area contributed by atoms with E-state index in [2.05, 4.69) is 110 Å². The van der Waals surface area contributed by atoms with E-state index in [1.807, 2.05) is 36.4 Å². The molecule has 2 N–H and O–H groups in total. The maximum Gasteiger partial charge on any atom is 1.00 e. The number of hydrogen-bond acceptors (Lipinski definition) is 7. The van der Waals surface area contributed by atoms with Crippen LogP contribution in [0.1, 0.15) is 86.8 Å². The van der Waals surface area contributed by atoms with Gasteiger partial charge in [0, 0.05) is 53.2 Å². The van der Waals surface area contributed by atoms with Crippen LogP contribution in [0.15, 0.2) is 138 Å². The molecule has 0 amide bonds. The van der Waals surface area contributed by atoms with Gasteiger partial charge in [0.25, 0.3) is 10.1 Å². The summed E-state index contributed by atoms with van der Waals surface area (Å²) in [7, 11) is -8.57. The van der Waals surface area contributed by atoms with Crippen LogP contribution in [0, 0.1) is 0 Å². The van der Waals surface area contributed by atoms with Crippen LogP contribution in [0.3, 0.4) is 0 Å². The van der Waals surface area contributed by atoms with Crippen molar-refractivity contribution in [2.45, 2.75) is 70.6 Å². The Morgan fingerprint density at radius 2 is 1.41 bits per heavy atom. The number of rotatable bonds is 13. The Balaban J connectivity index is 0.00000612. The molecule has 0 unspecified atom stereocenters. The van der Waals surface area contributed by atoms with Crippen LogP contribution in [-0.2, 0) is 31.1 Å². The van der Waals surface area contributed by atoms with Crippen LogP contribution < -0.4 is 34.5 Å². The summed E-state index contributed by atoms with van der Waals surface area (Å²) in [5.41, 5.74) is 9.42. The van der Waals surface area contributed by atoms with Crippen molar-refractivity contribution in [3.8, 4) is 0 Å². The van der Waals surface area contributed by atoms with Gasteiger partial charge in [-0.15, -0.1) is 0 Å². The third-order valence-corrected chi connectivity index (χ3v) is 14.5. The molecule has 0 saturated carbocycles. The Morgan fingerprint density at radius 3 is 2.05 bits per heavy atom. The molecule has 0 fully saturated rings. The normalized spacial score (nSPS) is 18.4. The quantitative estimate of drug-likeness (QED) is 0.0717. The van der Waals surface area contributed by atoms with E-state index in [9.17, 15) is 35.8 Å². The average molecular weight is 908 g/mol. The topological polar surface area (TPSA) is 155 Å². The zero-order chi connectivity index (χ0) is 44.9. The van der Waals surface area contributed by atoms with Crippen molar-refractivity contribution in [2.75, 3.05) is 29.5 Å². The molecule has 8 rings (SSSR count). The van der Waals surface area contributed by atoms with Crippen molar-refractivity contribution in [2.24, 2.45) is 0 Å². The predicted octanol–water partition coefficient (Wildman–Crippen LogP) is 7.09. The molecule has 2 aliphatic heterocycles. The largest absolute Gasteiger partial charge is 1.00 e. The fourth-order valence-electron chi connectivity index (χ4n) is 10.1. The summed E-state index contributed by atoms with van der Waals surface area (Å²) >= 11 is 0. The van der Waals surface area contributed by atoms with Crippen molar-refractivity contribution in [3.05, 3.63) is 160 Å². The second-order valence-electron chi connectivity index (χ2n) is 17.8. The van der Waals surface area contributed by atoms with Gasteiger partial charge in [0.05, 0.1) is 26.8 Å². The number of allylic oxidation sites excluding steroid dienone is 8. The van der Waals surface area contributed by atoms with E-state index in [0.717, 1.165) is 97.0 Å². The van der Waals surface area contributed by atoms with Crippen molar-refractivity contribution < 1.29 is 70.0 Å². The molecule has 2 heterocycles. The second kappa shape index (κ2) is 18.3. The average Bonchev–Trinajstić information content (AvgIpc) is 3.59. The van der Waals surface area contributed by atoms with Crippen LogP contribution in [0.4, 0.5) is 11.4 Å². The number of hydrogen-bond donors (Lipinski definition) is 2. The molecular formula is C51H52N2NaO8S2+. The maximum absolute atomic E-state index is 12.0. The van der Waals surface area contributed by atoms with Gasteiger partial charge in [0.2, 0.25) is 5.69 Å². The zero-order valence-corrected chi connectivity index (χ0v) is 40.6. The summed E-state index contributed by atoms with van der Waals surface area (Å²) in [6.07, 6.45) is 11.3. The van der Waals surface area contributed by atoms with Crippen LogP contribution in [0.5, 0.6) is 0 Å². The molecule has 5 aromatic rings. The van der Waals surface area contributed by atoms with Crippen molar-refractivity contribution in [3.63, 3.8) is 0 Å². The summed E-state index contributed by atoms with van der Waals surface area (Å²) in [6, 6.07) is 31.7. The van der Waals surface area contributed by atoms with Gasteiger partial charge in [-0.1, -0.05) is 92.7 Å². The van der Waals surface area contributed by atoms with Gasteiger partial charge in [-0.3, -0.25) is 4.55 Å². The molecule has 0 spiro atoms. The van der Waals surface area contributed by atoms with Gasteiger partial charge < -0.3 is 14.6 Å². The first-order chi connectivity index (χ1) is 29.8. The Labute approximate surface area is 398 Å². The Bertz CT molecular complexity index is 3070. The Morgan fingerprint density at radius 1 is 0.766 bits per heavy atom. The zero-order valence-electron chi connectivity index (χ0n) is 37.0. The van der Waals surface area contributed by atoms with Crippen LogP contribution in [0.25, 0.3) is 27.1 Å². The predicted molar refractivity (Wildman–Crippen MR) is 251 cm³/mol. The minimum atomic E-state index is -4.41. The van der Waals surface area contributed by atoms with E-state index in [4.69, 9.17) is 0 Å². The molecule has 326 valence electrons. The van der Waals surface area contributed by atoms with E-state index in [0.29, 0.717) is 13.1 Å². The third kappa shape index (κ3) is 9.37. The molecule has 10 nitrogen and oxygen atoms in total. The summed E-state index contributed by atoms with van der Waals surface area (Å²) < 4.78 is 70.7. The van der Waals surface area contributed by atoms with E-state index in [-0.39, 0.29) is 53.7 Å². The van der Waals surface area contributed by atoms with Crippen LogP contribution in [0.2, 0.25) is 0 Å². The van der Waals surface area contributed by atoms with Crippen LogP contribution in [-0.4, -0.2) is 71.9 Å². The maximum atomic E-state index is 12.0. The molecule has 0 radical (unpaired) electrons. The number of fused-ring (bicyclic) bond motifs is 6. The smallest absolute Gasteiger partial charge is 0.748 e. The fraction of sp³-hybridized carbons (Fsp3) is 0.294. The number of benzene rings is 5. The molecule has 0 aromatic heterocycles. The van der Waals surface area contributed by atoms with Gasteiger partial charge in [0.15, 0.2) is 5.71 Å². The van der Waals surface area contributed by atoms with Crippen molar-refractivity contribution in [1.82, 2.24) is 0 Å². The van der Waals surface area contributed by atoms with Gasteiger partial charge in [-0.25, -0.2) is 13.2 Å². The van der Waals surface area contributed by atoms with Crippen molar-refractivity contribution in [1.29, 1.82) is 0 Å². The van der Waals surface area contributed by atoms with E-state index in [1.54, 1.807) is 12.1 Å². The van der Waals surface area contributed by atoms with Gasteiger partial charge in [0.1, 0.15) is 6.54 Å². The van der Waals surface area contributed by atoms with Crippen LogP contribution >= 0.6 is 0 Å². The standard InChI is InChI=1S/C51H52N2O8S2.Na/c1-50(2)44(52(30-10-32-62(56,57)58)42-26-22-34-12-5-7-16-40(34)47(42)50)28-24-36-14-9-15-37(46(36)38-18-20-39(21-19-38)49(54)55)25-29-45-51(3,4)48-41-17-8-6-13-35(41)23-27-43(48)53(45)31-11-33-63(59,60)61;/h5-8,12-13,16-29H,9-11,14-15,30-33H2,1-4H3,(H2-,54,55,56,57,58,59,60,61);/q;+1. The van der Waals surface area contributed by atoms with Gasteiger partial charge in [-0.05, 0) is 119 Å². The minimum Gasteiger partial charge on any atom is -0.748 e. The number of carboxylic acid groups (broad SMARTS) is 1. The van der Waals surface area contributed by atoms with E-state index < -0.39 is 42.8 Å². The number of nitrogens with zero attached hydrogens (tertiary/aromatic N) is 2. The molecule has 5 aromatic carbocycles. The molecule has 3 aliphatic rings. The van der Waals surface area contributed by atoms with Gasteiger partial charge >= 0.3 is 35.5 Å². The second-order valence-corrected chi connectivity index (χ2v) is 20.9. The number of anilines is 1. The molecule has 0 saturated heterocycles. The Kier molecular flexibility index (Phi) is 13.5. The van der Waals surface area contributed by atoms with E-state index in [1.165, 1.54) is 0 Å². The molecule has 1 aliphatic carbocycles. The van der Waals surface area contributed by atoms with Gasteiger partial charge in [-0.2, -0.15) is 13.0 Å². The molecular weight excluding hydrogens is 856 g/mol. The van der Waals surface area contributed by atoms with E-state index >= 15 is 0 Å². The molecule has 13 heteroatoms. The summed E-state index contributed by atoms with van der Waals surface area (Å²) in [5.74, 6) is -1.84. The first kappa shape index (κ1) is 47.3. The first-order valence-corrected chi connectivity index (χ1v) is 24.6. The fourth-order valence-corrected chi connectivity index (χ4v) is 11.1. The summed E-state index contributed by atoms with van der Waals surface area (Å²) in [4.78, 5) is 14.1.